The van der Waals surface area contributed by atoms with Crippen LogP contribution < -0.4 is 22.3 Å². The van der Waals surface area contributed by atoms with Gasteiger partial charge < -0.3 is 20.7 Å². The fourth-order valence-corrected chi connectivity index (χ4v) is 1.78. The number of nitrogens with two attached hydrogens (primary N) is 1. The first-order valence-electron chi connectivity index (χ1n) is 6.94. The van der Waals surface area contributed by atoms with Crippen LogP contribution in [-0.4, -0.2) is 54.3 Å². The second-order valence-electron chi connectivity index (χ2n) is 5.17. The zero-order valence-electron chi connectivity index (χ0n) is 13.1. The average molecular weight is 299 g/mol. The number of nitrogen functional groups attached to an aromatic ring is 1. The highest BCUT2D eigenvalue weighted by Gasteiger charge is 2.12. The van der Waals surface area contributed by atoms with Crippen LogP contribution in [0, 0.1) is 0 Å². The number of rotatable bonds is 8. The van der Waals surface area contributed by atoms with Crippen LogP contribution >= 0.6 is 0 Å². The standard InChI is InChI=1S/C13H25N5O3/c1-9(2)17(3)6-5-15-10-11(14)18(7-8-21-4)13(20)16-12(10)19/h9,15H,5-8,14H2,1-4H3,(H,16,19,20). The van der Waals surface area contributed by atoms with Crippen LogP contribution in [0.2, 0.25) is 0 Å². The average Bonchev–Trinajstić information content (AvgIpc) is 2.41. The van der Waals surface area contributed by atoms with Crippen molar-refractivity contribution in [1.82, 2.24) is 14.5 Å². The Labute approximate surface area is 123 Å². The molecule has 0 aliphatic carbocycles. The van der Waals surface area contributed by atoms with Crippen LogP contribution in [0.5, 0.6) is 0 Å². The van der Waals surface area contributed by atoms with Crippen molar-refractivity contribution in [1.29, 1.82) is 0 Å². The zero-order valence-corrected chi connectivity index (χ0v) is 13.1. The Kier molecular flexibility index (Phi) is 6.44. The summed E-state index contributed by atoms with van der Waals surface area (Å²) in [4.78, 5) is 28.0. The van der Waals surface area contributed by atoms with Gasteiger partial charge >= 0.3 is 5.69 Å². The molecule has 0 amide bonds. The van der Waals surface area contributed by atoms with Crippen LogP contribution in [-0.2, 0) is 11.3 Å². The molecule has 0 radical (unpaired) electrons. The Bertz CT molecular complexity index is 564. The molecule has 0 spiro atoms. The Morgan fingerprint density at radius 1 is 1.43 bits per heavy atom. The van der Waals surface area contributed by atoms with E-state index in [-0.39, 0.29) is 11.5 Å². The number of aromatic amines is 1. The third-order valence-electron chi connectivity index (χ3n) is 3.41. The van der Waals surface area contributed by atoms with E-state index in [9.17, 15) is 9.59 Å². The van der Waals surface area contributed by atoms with Crippen molar-refractivity contribution in [3.05, 3.63) is 20.8 Å². The van der Waals surface area contributed by atoms with Gasteiger partial charge in [0, 0.05) is 26.2 Å². The quantitative estimate of drug-likeness (QED) is 0.598. The largest absolute Gasteiger partial charge is 0.383 e. The van der Waals surface area contributed by atoms with Crippen molar-refractivity contribution in [2.24, 2.45) is 0 Å². The lowest BCUT2D eigenvalue weighted by atomic mass is 10.3. The van der Waals surface area contributed by atoms with Crippen LogP contribution in [0.1, 0.15) is 13.8 Å². The summed E-state index contributed by atoms with van der Waals surface area (Å²) in [7, 11) is 3.53. The van der Waals surface area contributed by atoms with Gasteiger partial charge in [0.05, 0.1) is 13.2 Å². The summed E-state index contributed by atoms with van der Waals surface area (Å²) < 4.78 is 6.22. The maximum Gasteiger partial charge on any atom is 0.330 e. The molecule has 8 heteroatoms. The summed E-state index contributed by atoms with van der Waals surface area (Å²) in [6, 6.07) is 0.415. The molecule has 1 rings (SSSR count). The second kappa shape index (κ2) is 7.84. The van der Waals surface area contributed by atoms with Crippen molar-refractivity contribution in [2.75, 3.05) is 44.9 Å². The summed E-state index contributed by atoms with van der Waals surface area (Å²) in [5.74, 6) is 0.132. The van der Waals surface area contributed by atoms with E-state index in [2.05, 4.69) is 29.0 Å². The molecule has 120 valence electrons. The van der Waals surface area contributed by atoms with Gasteiger partial charge in [-0.1, -0.05) is 0 Å². The highest BCUT2D eigenvalue weighted by atomic mass is 16.5. The van der Waals surface area contributed by atoms with Crippen molar-refractivity contribution >= 4 is 11.5 Å². The fraction of sp³-hybridized carbons (Fsp3) is 0.692. The van der Waals surface area contributed by atoms with Gasteiger partial charge in [0.15, 0.2) is 0 Å². The molecule has 4 N–H and O–H groups in total. The lowest BCUT2D eigenvalue weighted by Crippen LogP contribution is -2.36. The number of aromatic nitrogens is 2. The molecule has 1 aromatic rings. The first-order chi connectivity index (χ1) is 9.88. The third kappa shape index (κ3) is 4.61. The molecular weight excluding hydrogens is 274 g/mol. The second-order valence-corrected chi connectivity index (χ2v) is 5.17. The Balaban J connectivity index is 2.87. The molecule has 0 unspecified atom stereocenters. The summed E-state index contributed by atoms with van der Waals surface area (Å²) in [6.45, 7) is 6.13. The molecule has 0 aliphatic heterocycles. The zero-order chi connectivity index (χ0) is 16.0. The maximum atomic E-state index is 11.8. The van der Waals surface area contributed by atoms with Crippen molar-refractivity contribution in [3.63, 3.8) is 0 Å². The van der Waals surface area contributed by atoms with E-state index in [0.29, 0.717) is 25.7 Å². The monoisotopic (exact) mass is 299 g/mol. The van der Waals surface area contributed by atoms with E-state index >= 15 is 0 Å². The van der Waals surface area contributed by atoms with E-state index in [4.69, 9.17) is 10.5 Å². The number of ether oxygens (including phenoxy) is 1. The summed E-state index contributed by atoms with van der Waals surface area (Å²) >= 11 is 0. The van der Waals surface area contributed by atoms with Gasteiger partial charge in [0.25, 0.3) is 5.56 Å². The first-order valence-corrected chi connectivity index (χ1v) is 6.94. The number of methoxy groups -OCH3 is 1. The smallest absolute Gasteiger partial charge is 0.330 e. The minimum Gasteiger partial charge on any atom is -0.383 e. The molecule has 0 aliphatic rings. The number of nitrogens with one attached hydrogen (secondary N) is 2. The summed E-state index contributed by atoms with van der Waals surface area (Å²) in [5, 5.41) is 3.00. The molecule has 1 aromatic heterocycles. The van der Waals surface area contributed by atoms with E-state index in [1.807, 2.05) is 7.05 Å². The third-order valence-corrected chi connectivity index (χ3v) is 3.41. The van der Waals surface area contributed by atoms with E-state index in [1.165, 1.54) is 11.7 Å². The van der Waals surface area contributed by atoms with Crippen molar-refractivity contribution in [2.45, 2.75) is 26.4 Å². The molecule has 0 fully saturated rings. The number of nitrogens with zero attached hydrogens (tertiary/aromatic N) is 2. The van der Waals surface area contributed by atoms with Crippen molar-refractivity contribution in [3.8, 4) is 0 Å². The first kappa shape index (κ1) is 17.3. The number of hydrogen-bond acceptors (Lipinski definition) is 6. The van der Waals surface area contributed by atoms with Gasteiger partial charge in [-0.2, -0.15) is 0 Å². The van der Waals surface area contributed by atoms with Crippen LogP contribution in [0.25, 0.3) is 0 Å². The van der Waals surface area contributed by atoms with E-state index in [1.54, 1.807) is 0 Å². The normalized spacial score (nSPS) is 11.3. The fourth-order valence-electron chi connectivity index (χ4n) is 1.78. The molecule has 0 aromatic carbocycles. The molecule has 1 heterocycles. The van der Waals surface area contributed by atoms with Gasteiger partial charge in [-0.05, 0) is 20.9 Å². The van der Waals surface area contributed by atoms with Crippen LogP contribution in [0.3, 0.4) is 0 Å². The molecule has 0 bridgehead atoms. The predicted molar refractivity (Wildman–Crippen MR) is 83.9 cm³/mol. The highest BCUT2D eigenvalue weighted by molar-refractivity contribution is 5.60. The Morgan fingerprint density at radius 2 is 2.10 bits per heavy atom. The molecular formula is C13H25N5O3. The van der Waals surface area contributed by atoms with Gasteiger partial charge in [-0.3, -0.25) is 14.3 Å². The topological polar surface area (TPSA) is 105 Å². The number of anilines is 2. The van der Waals surface area contributed by atoms with Crippen LogP contribution in [0.15, 0.2) is 9.59 Å². The Morgan fingerprint density at radius 3 is 2.67 bits per heavy atom. The van der Waals surface area contributed by atoms with Crippen molar-refractivity contribution < 1.29 is 4.74 Å². The number of H-pyrrole nitrogens is 1. The summed E-state index contributed by atoms with van der Waals surface area (Å²) in [5.41, 5.74) is 5.11. The lowest BCUT2D eigenvalue weighted by Gasteiger charge is -2.21. The number of likely N-dealkylation sites (N-methyl/N-ethyl adjacent to an activating group) is 1. The highest BCUT2D eigenvalue weighted by Crippen LogP contribution is 2.09. The minimum absolute atomic E-state index is 0.132. The lowest BCUT2D eigenvalue weighted by molar-refractivity contribution is 0.186. The predicted octanol–water partition coefficient (Wildman–Crippen LogP) is -0.483. The van der Waals surface area contributed by atoms with Gasteiger partial charge in [0.1, 0.15) is 11.5 Å². The molecule has 0 saturated heterocycles. The van der Waals surface area contributed by atoms with E-state index in [0.717, 1.165) is 6.54 Å². The van der Waals surface area contributed by atoms with E-state index < -0.39 is 11.2 Å². The number of hydrogen-bond donors (Lipinski definition) is 3. The molecule has 0 atom stereocenters. The molecule has 8 nitrogen and oxygen atoms in total. The molecule has 0 saturated carbocycles. The van der Waals surface area contributed by atoms with Crippen LogP contribution in [0.4, 0.5) is 11.5 Å². The Hall–Kier alpha value is -1.80. The minimum atomic E-state index is -0.528. The van der Waals surface area contributed by atoms with Gasteiger partial charge in [0.2, 0.25) is 0 Å². The van der Waals surface area contributed by atoms with Gasteiger partial charge in [-0.15, -0.1) is 0 Å². The summed E-state index contributed by atoms with van der Waals surface area (Å²) in [6.07, 6.45) is 0. The maximum absolute atomic E-state index is 11.8. The molecule has 21 heavy (non-hydrogen) atoms. The van der Waals surface area contributed by atoms with Gasteiger partial charge in [-0.25, -0.2) is 4.79 Å². The SMILES string of the molecule is COCCn1c(N)c(NCCN(C)C(C)C)c(=O)[nH]c1=O.